The molecule has 1 heterocycles. The Morgan fingerprint density at radius 1 is 1.10 bits per heavy atom. The van der Waals surface area contributed by atoms with E-state index in [1.54, 1.807) is 0 Å². The van der Waals surface area contributed by atoms with Crippen LogP contribution in [0.1, 0.15) is 87.3 Å². The Morgan fingerprint density at radius 3 is 2.48 bits per heavy atom. The molecule has 4 N–H and O–H groups in total. The number of aromatic nitrogens is 1. The molecule has 5 unspecified atom stereocenters. The van der Waals surface area contributed by atoms with Gasteiger partial charge in [-0.3, -0.25) is 9.59 Å². The van der Waals surface area contributed by atoms with Gasteiger partial charge in [-0.25, -0.2) is 13.8 Å². The Morgan fingerprint density at radius 2 is 1.80 bits per heavy atom. The highest BCUT2D eigenvalue weighted by Crippen LogP contribution is 2.62. The number of aliphatic hydroxyl groups is 2. The van der Waals surface area contributed by atoms with Crippen molar-refractivity contribution in [2.45, 2.75) is 90.2 Å². The van der Waals surface area contributed by atoms with E-state index in [-0.39, 0.29) is 49.1 Å². The summed E-state index contributed by atoms with van der Waals surface area (Å²) >= 11 is 1.42. The van der Waals surface area contributed by atoms with Gasteiger partial charge >= 0.3 is 0 Å². The molecule has 218 valence electrons. The second-order valence-electron chi connectivity index (χ2n) is 12.4. The summed E-state index contributed by atoms with van der Waals surface area (Å²) in [4.78, 5) is 32.1. The summed E-state index contributed by atoms with van der Waals surface area (Å²) in [5, 5.41) is 27.8. The number of nitrogens with zero attached hydrogens (tertiary/aromatic N) is 1. The van der Waals surface area contributed by atoms with Crippen molar-refractivity contribution in [3.63, 3.8) is 0 Å². The first-order chi connectivity index (χ1) is 19.0. The van der Waals surface area contributed by atoms with Gasteiger partial charge in [0.25, 0.3) is 0 Å². The fourth-order valence-electron chi connectivity index (χ4n) is 7.44. The molecule has 0 radical (unpaired) electrons. The number of benzene rings is 1. The van der Waals surface area contributed by atoms with Crippen molar-refractivity contribution in [3.05, 3.63) is 46.0 Å². The number of fused-ring (bicyclic) bond motifs is 2. The summed E-state index contributed by atoms with van der Waals surface area (Å²) in [6.45, 7) is 3.82. The van der Waals surface area contributed by atoms with Gasteiger partial charge in [-0.1, -0.05) is 33.1 Å². The number of thiazole rings is 1. The van der Waals surface area contributed by atoms with E-state index in [9.17, 15) is 28.6 Å². The van der Waals surface area contributed by atoms with Crippen LogP contribution in [0, 0.1) is 34.3 Å². The number of anilines is 1. The number of halogens is 2. The third-order valence-corrected chi connectivity index (χ3v) is 10.9. The van der Waals surface area contributed by atoms with Crippen molar-refractivity contribution < 1.29 is 28.6 Å². The second-order valence-corrected chi connectivity index (χ2v) is 13.5. The molecule has 2 saturated carbocycles. The zero-order chi connectivity index (χ0) is 28.7. The Balaban J connectivity index is 1.42. The van der Waals surface area contributed by atoms with E-state index in [0.29, 0.717) is 30.0 Å². The Kier molecular flexibility index (Phi) is 8.32. The first-order valence-electron chi connectivity index (χ1n) is 14.3. The van der Waals surface area contributed by atoms with Crippen LogP contribution in [0.15, 0.2) is 18.2 Å². The minimum absolute atomic E-state index is 0.0123. The number of carbonyl (C=O) groups is 2. The lowest BCUT2D eigenvalue weighted by Gasteiger charge is -2.58. The van der Waals surface area contributed by atoms with Gasteiger partial charge in [0.2, 0.25) is 11.8 Å². The first kappa shape index (κ1) is 29.1. The maximum absolute atomic E-state index is 13.6. The Hall–Kier alpha value is -2.43. The first-order valence-corrected chi connectivity index (χ1v) is 15.2. The van der Waals surface area contributed by atoms with E-state index in [1.807, 2.05) is 6.92 Å². The molecular formula is C30H39F2N3O4S. The maximum Gasteiger partial charge on any atom is 0.229 e. The Bertz CT molecular complexity index is 1250. The minimum Gasteiger partial charge on any atom is -0.396 e. The number of nitrogens with one attached hydrogen (secondary N) is 2. The number of aliphatic hydroxyl groups excluding tert-OH is 2. The van der Waals surface area contributed by atoms with Crippen LogP contribution in [0.4, 0.5) is 13.9 Å². The molecule has 10 heteroatoms. The van der Waals surface area contributed by atoms with E-state index in [4.69, 9.17) is 4.98 Å². The normalized spacial score (nSPS) is 30.3. The largest absolute Gasteiger partial charge is 0.396 e. The molecule has 7 nitrogen and oxygen atoms in total. The predicted octanol–water partition coefficient (Wildman–Crippen LogP) is 5.06. The van der Waals surface area contributed by atoms with Crippen LogP contribution in [0.25, 0.3) is 0 Å². The number of rotatable bonds is 7. The Labute approximate surface area is 237 Å². The third-order valence-electron chi connectivity index (χ3n) is 9.90. The average Bonchev–Trinajstić information content (AvgIpc) is 3.33. The predicted molar refractivity (Wildman–Crippen MR) is 149 cm³/mol. The lowest BCUT2D eigenvalue weighted by atomic mass is 9.47. The van der Waals surface area contributed by atoms with Gasteiger partial charge < -0.3 is 20.8 Å². The monoisotopic (exact) mass is 575 g/mol. The SMILES string of the molecule is CC1(CO)C(O)CCC2(C)C(CC(=O)NCc3cc(F)cc(F)c3)c3nc(NC(=O)C4CCCCC4)sc3CC12. The number of hydrogen-bond acceptors (Lipinski definition) is 6. The second kappa shape index (κ2) is 11.4. The number of carbonyl (C=O) groups excluding carboxylic acids is 2. The standard InChI is InChI=1S/C30H39F2N3O4S/c1-29-9-8-24(37)30(2,16-36)23(29)14-22-26(34-28(40-22)35-27(39)18-6-4-3-5-7-18)21(29)13-25(38)33-15-17-10-19(31)12-20(32)11-17/h10-12,18,21,23-24,36-37H,3-9,13-16H2,1-2H3,(H,33,38)(H,34,35,39). The quantitative estimate of drug-likeness (QED) is 0.369. The van der Waals surface area contributed by atoms with Gasteiger partial charge in [-0.05, 0) is 61.1 Å². The summed E-state index contributed by atoms with van der Waals surface area (Å²) in [5.74, 6) is -2.14. The molecule has 5 atom stereocenters. The van der Waals surface area contributed by atoms with Crippen molar-refractivity contribution >= 4 is 28.3 Å². The van der Waals surface area contributed by atoms with E-state index in [1.165, 1.54) is 23.5 Å². The molecule has 2 fully saturated rings. The van der Waals surface area contributed by atoms with E-state index in [0.717, 1.165) is 48.7 Å². The summed E-state index contributed by atoms with van der Waals surface area (Å²) in [7, 11) is 0. The maximum atomic E-state index is 13.6. The van der Waals surface area contributed by atoms with E-state index < -0.39 is 28.6 Å². The van der Waals surface area contributed by atoms with Gasteiger partial charge in [-0.2, -0.15) is 0 Å². The summed E-state index contributed by atoms with van der Waals surface area (Å²) in [6.07, 6.45) is 6.17. The molecule has 5 rings (SSSR count). The summed E-state index contributed by atoms with van der Waals surface area (Å²) in [5.41, 5.74) is -0.0840. The van der Waals surface area contributed by atoms with E-state index in [2.05, 4.69) is 17.6 Å². The van der Waals surface area contributed by atoms with Crippen LogP contribution in [0.5, 0.6) is 0 Å². The van der Waals surface area contributed by atoms with Crippen LogP contribution in [0.3, 0.4) is 0 Å². The fraction of sp³-hybridized carbons (Fsp3) is 0.633. The average molecular weight is 576 g/mol. The van der Waals surface area contributed by atoms with Crippen LogP contribution < -0.4 is 10.6 Å². The molecule has 0 bridgehead atoms. The van der Waals surface area contributed by atoms with Crippen LogP contribution >= 0.6 is 11.3 Å². The number of amides is 2. The molecule has 1 aromatic heterocycles. The number of hydrogen-bond donors (Lipinski definition) is 4. The van der Waals surface area contributed by atoms with Crippen molar-refractivity contribution in [1.82, 2.24) is 10.3 Å². The van der Waals surface area contributed by atoms with E-state index >= 15 is 0 Å². The van der Waals surface area contributed by atoms with Crippen molar-refractivity contribution in [2.24, 2.45) is 22.7 Å². The van der Waals surface area contributed by atoms with Gasteiger partial charge in [-0.15, -0.1) is 11.3 Å². The van der Waals surface area contributed by atoms with Gasteiger partial charge in [0.15, 0.2) is 5.13 Å². The van der Waals surface area contributed by atoms with Gasteiger partial charge in [0.1, 0.15) is 11.6 Å². The van der Waals surface area contributed by atoms with Crippen LogP contribution in [0.2, 0.25) is 0 Å². The third kappa shape index (κ3) is 5.54. The zero-order valence-electron chi connectivity index (χ0n) is 23.1. The molecular weight excluding hydrogens is 536 g/mol. The molecule has 0 saturated heterocycles. The van der Waals surface area contributed by atoms with Crippen LogP contribution in [-0.4, -0.2) is 39.7 Å². The lowest BCUT2D eigenvalue weighted by Crippen LogP contribution is -2.57. The molecule has 40 heavy (non-hydrogen) atoms. The van der Waals surface area contributed by atoms with Crippen LogP contribution in [-0.2, 0) is 22.6 Å². The summed E-state index contributed by atoms with van der Waals surface area (Å²) < 4.78 is 27.3. The van der Waals surface area contributed by atoms with Crippen molar-refractivity contribution in [3.8, 4) is 0 Å². The highest BCUT2D eigenvalue weighted by atomic mass is 32.1. The fourth-order valence-corrected chi connectivity index (χ4v) is 8.51. The minimum atomic E-state index is -0.756. The highest BCUT2D eigenvalue weighted by Gasteiger charge is 2.59. The summed E-state index contributed by atoms with van der Waals surface area (Å²) in [6, 6.07) is 3.17. The lowest BCUT2D eigenvalue weighted by molar-refractivity contribution is -0.144. The molecule has 3 aliphatic carbocycles. The molecule has 1 aromatic carbocycles. The van der Waals surface area contributed by atoms with Crippen molar-refractivity contribution in [1.29, 1.82) is 0 Å². The highest BCUT2D eigenvalue weighted by molar-refractivity contribution is 7.15. The van der Waals surface area contributed by atoms with Gasteiger partial charge in [0, 0.05) is 41.2 Å². The molecule has 2 amide bonds. The van der Waals surface area contributed by atoms with Gasteiger partial charge in [0.05, 0.1) is 18.4 Å². The molecule has 0 spiro atoms. The molecule has 2 aromatic rings. The smallest absolute Gasteiger partial charge is 0.229 e. The topological polar surface area (TPSA) is 112 Å². The van der Waals surface area contributed by atoms with Crippen molar-refractivity contribution in [2.75, 3.05) is 11.9 Å². The molecule has 0 aliphatic heterocycles. The zero-order valence-corrected chi connectivity index (χ0v) is 24.0. The molecule has 3 aliphatic rings.